The lowest BCUT2D eigenvalue weighted by Crippen LogP contribution is -2.37. The van der Waals surface area contributed by atoms with Crippen LogP contribution in [0.2, 0.25) is 0 Å². The maximum atomic E-state index is 12.7. The third-order valence-electron chi connectivity index (χ3n) is 5.22. The number of anilines is 1. The van der Waals surface area contributed by atoms with E-state index >= 15 is 0 Å². The zero-order valence-electron chi connectivity index (χ0n) is 17.2. The smallest absolute Gasteiger partial charge is 0.314 e. The number of thioether (sulfide) groups is 1. The van der Waals surface area contributed by atoms with Crippen molar-refractivity contribution in [1.29, 1.82) is 0 Å². The fourth-order valence-electron chi connectivity index (χ4n) is 3.61. The molecular formula is C23H24N4O2S. The minimum atomic E-state index is -0.691. The van der Waals surface area contributed by atoms with Crippen molar-refractivity contribution >= 4 is 29.4 Å². The van der Waals surface area contributed by atoms with Crippen molar-refractivity contribution in [3.05, 3.63) is 76.5 Å². The molecule has 3 aromatic rings. The molecule has 7 heteroatoms. The third kappa shape index (κ3) is 3.98. The second-order valence-electron chi connectivity index (χ2n) is 7.53. The van der Waals surface area contributed by atoms with E-state index in [2.05, 4.69) is 16.7 Å². The van der Waals surface area contributed by atoms with Crippen molar-refractivity contribution in [1.82, 2.24) is 15.1 Å². The van der Waals surface area contributed by atoms with E-state index in [0.717, 1.165) is 45.1 Å². The Hall–Kier alpha value is -3.06. The molecule has 0 spiro atoms. The van der Waals surface area contributed by atoms with Crippen LogP contribution in [0.1, 0.15) is 40.9 Å². The predicted octanol–water partition coefficient (Wildman–Crippen LogP) is 4.05. The van der Waals surface area contributed by atoms with Gasteiger partial charge < -0.3 is 10.6 Å². The zero-order chi connectivity index (χ0) is 21.3. The summed E-state index contributed by atoms with van der Waals surface area (Å²) in [6.45, 7) is 5.91. The minimum absolute atomic E-state index is 0.269. The largest absolute Gasteiger partial charge is 0.341 e. The Morgan fingerprint density at radius 3 is 2.57 bits per heavy atom. The normalized spacial score (nSPS) is 13.6. The van der Waals surface area contributed by atoms with Gasteiger partial charge in [0.25, 0.3) is 0 Å². The van der Waals surface area contributed by atoms with E-state index < -0.39 is 11.8 Å². The number of rotatable bonds is 4. The molecule has 30 heavy (non-hydrogen) atoms. The number of amides is 2. The van der Waals surface area contributed by atoms with Gasteiger partial charge in [-0.1, -0.05) is 48.0 Å². The lowest BCUT2D eigenvalue weighted by Gasteiger charge is -2.16. The molecule has 2 heterocycles. The Balaban J connectivity index is 1.58. The molecule has 154 valence electrons. The van der Waals surface area contributed by atoms with E-state index in [1.807, 2.05) is 63.2 Å². The molecule has 0 saturated heterocycles. The van der Waals surface area contributed by atoms with Crippen LogP contribution in [0, 0.1) is 13.8 Å². The summed E-state index contributed by atoms with van der Waals surface area (Å²) in [5.74, 6) is 0.780. The molecule has 0 fully saturated rings. The van der Waals surface area contributed by atoms with Gasteiger partial charge >= 0.3 is 11.8 Å². The van der Waals surface area contributed by atoms with Crippen LogP contribution in [0.3, 0.4) is 0 Å². The number of aromatic nitrogens is 2. The summed E-state index contributed by atoms with van der Waals surface area (Å²) >= 11 is 1.75. The highest BCUT2D eigenvalue weighted by molar-refractivity contribution is 7.98. The topological polar surface area (TPSA) is 76.0 Å². The van der Waals surface area contributed by atoms with Crippen molar-refractivity contribution in [3.8, 4) is 5.69 Å². The third-order valence-corrected chi connectivity index (χ3v) is 6.19. The maximum absolute atomic E-state index is 12.7. The lowest BCUT2D eigenvalue weighted by atomic mass is 10.1. The fraction of sp³-hybridized carbons (Fsp3) is 0.261. The number of nitrogens with zero attached hydrogens (tertiary/aromatic N) is 2. The highest BCUT2D eigenvalue weighted by Crippen LogP contribution is 2.36. The second-order valence-corrected chi connectivity index (χ2v) is 8.51. The van der Waals surface area contributed by atoms with Gasteiger partial charge in [0.15, 0.2) is 0 Å². The SMILES string of the molecule is Cc1ccc(-n2nc3c(c2NC(=O)C(=O)N[C@H](C)c2ccccc2)CSC3)c(C)c1. The minimum Gasteiger partial charge on any atom is -0.341 e. The average molecular weight is 421 g/mol. The van der Waals surface area contributed by atoms with Crippen molar-refractivity contribution in [3.63, 3.8) is 0 Å². The van der Waals surface area contributed by atoms with E-state index in [1.165, 1.54) is 0 Å². The number of carbonyl (C=O) groups is 2. The molecule has 1 aliphatic heterocycles. The zero-order valence-corrected chi connectivity index (χ0v) is 18.0. The molecule has 0 bridgehead atoms. The van der Waals surface area contributed by atoms with Gasteiger partial charge in [-0.25, -0.2) is 4.68 Å². The first-order chi connectivity index (χ1) is 14.4. The molecule has 2 amide bonds. The Bertz CT molecular complexity index is 1110. The van der Waals surface area contributed by atoms with Crippen LogP contribution in [0.5, 0.6) is 0 Å². The first-order valence-electron chi connectivity index (χ1n) is 9.87. The van der Waals surface area contributed by atoms with Crippen LogP contribution in [0.4, 0.5) is 5.82 Å². The molecule has 1 atom stereocenters. The van der Waals surface area contributed by atoms with Gasteiger partial charge in [0.1, 0.15) is 5.82 Å². The van der Waals surface area contributed by atoms with Crippen molar-refractivity contribution < 1.29 is 9.59 Å². The molecule has 6 nitrogen and oxygen atoms in total. The van der Waals surface area contributed by atoms with E-state index in [0.29, 0.717) is 5.82 Å². The Morgan fingerprint density at radius 2 is 1.83 bits per heavy atom. The van der Waals surface area contributed by atoms with E-state index in [9.17, 15) is 9.59 Å². The summed E-state index contributed by atoms with van der Waals surface area (Å²) < 4.78 is 1.75. The van der Waals surface area contributed by atoms with Gasteiger partial charge in [-0.3, -0.25) is 9.59 Å². The monoisotopic (exact) mass is 420 g/mol. The molecule has 4 rings (SSSR count). The first-order valence-corrected chi connectivity index (χ1v) is 11.0. The van der Waals surface area contributed by atoms with Gasteiger partial charge in [-0.2, -0.15) is 16.9 Å². The molecule has 0 aliphatic carbocycles. The first kappa shape index (κ1) is 20.2. The van der Waals surface area contributed by atoms with Crippen LogP contribution in [0.15, 0.2) is 48.5 Å². The lowest BCUT2D eigenvalue weighted by molar-refractivity contribution is -0.136. The van der Waals surface area contributed by atoms with Crippen LogP contribution in [0.25, 0.3) is 5.69 Å². The summed E-state index contributed by atoms with van der Waals surface area (Å²) in [4.78, 5) is 25.3. The highest BCUT2D eigenvalue weighted by atomic mass is 32.2. The summed E-state index contributed by atoms with van der Waals surface area (Å²) in [7, 11) is 0. The summed E-state index contributed by atoms with van der Waals surface area (Å²) in [6, 6.07) is 15.4. The van der Waals surface area contributed by atoms with Gasteiger partial charge in [0.2, 0.25) is 0 Å². The number of nitrogens with one attached hydrogen (secondary N) is 2. The Kier molecular flexibility index (Phi) is 5.63. The molecule has 1 aromatic heterocycles. The van der Waals surface area contributed by atoms with Gasteiger partial charge in [-0.05, 0) is 38.0 Å². The van der Waals surface area contributed by atoms with Crippen LogP contribution in [-0.2, 0) is 21.1 Å². The molecule has 0 saturated carbocycles. The van der Waals surface area contributed by atoms with Crippen LogP contribution in [-0.4, -0.2) is 21.6 Å². The Morgan fingerprint density at radius 1 is 1.07 bits per heavy atom. The van der Waals surface area contributed by atoms with Crippen LogP contribution < -0.4 is 10.6 Å². The standard InChI is InChI=1S/C23H24N4O2S/c1-14-9-10-20(15(2)11-14)27-21(18-12-30-13-19(18)26-27)25-23(29)22(28)24-16(3)17-7-5-4-6-8-17/h4-11,16H,12-13H2,1-3H3,(H,24,28)(H,25,29)/t16-/m1/s1. The molecule has 1 aliphatic rings. The van der Waals surface area contributed by atoms with Crippen molar-refractivity contribution in [2.24, 2.45) is 0 Å². The van der Waals surface area contributed by atoms with Gasteiger partial charge in [0, 0.05) is 17.1 Å². The quantitative estimate of drug-likeness (QED) is 0.625. The second kappa shape index (κ2) is 8.36. The number of hydrogen-bond acceptors (Lipinski definition) is 4. The van der Waals surface area contributed by atoms with Crippen molar-refractivity contribution in [2.75, 3.05) is 5.32 Å². The molecule has 2 N–H and O–H groups in total. The molecular weight excluding hydrogens is 396 g/mol. The predicted molar refractivity (Wildman–Crippen MR) is 120 cm³/mol. The maximum Gasteiger partial charge on any atom is 0.314 e. The van der Waals surface area contributed by atoms with Crippen molar-refractivity contribution in [2.45, 2.75) is 38.3 Å². The van der Waals surface area contributed by atoms with E-state index in [4.69, 9.17) is 5.10 Å². The fourth-order valence-corrected chi connectivity index (χ4v) is 4.65. The van der Waals surface area contributed by atoms with Gasteiger partial charge in [-0.15, -0.1) is 0 Å². The summed E-state index contributed by atoms with van der Waals surface area (Å²) in [5, 5.41) is 10.3. The molecule has 2 aromatic carbocycles. The van der Waals surface area contributed by atoms with E-state index in [-0.39, 0.29) is 6.04 Å². The molecule has 0 radical (unpaired) electrons. The summed E-state index contributed by atoms with van der Waals surface area (Å²) in [6.07, 6.45) is 0. The number of carbonyl (C=O) groups excluding carboxylic acids is 2. The number of benzene rings is 2. The average Bonchev–Trinajstić information content (AvgIpc) is 3.31. The summed E-state index contributed by atoms with van der Waals surface area (Å²) in [5.41, 5.74) is 5.99. The number of aryl methyl sites for hydroxylation is 2. The Labute approximate surface area is 180 Å². The van der Waals surface area contributed by atoms with Crippen LogP contribution >= 0.6 is 11.8 Å². The molecule has 0 unspecified atom stereocenters. The number of hydrogen-bond donors (Lipinski definition) is 2. The number of fused-ring (bicyclic) bond motifs is 1. The van der Waals surface area contributed by atoms with Gasteiger partial charge in [0.05, 0.1) is 17.4 Å². The van der Waals surface area contributed by atoms with E-state index in [1.54, 1.807) is 16.4 Å². The highest BCUT2D eigenvalue weighted by Gasteiger charge is 2.27.